The molecule has 0 bridgehead atoms. The highest BCUT2D eigenvalue weighted by atomic mass is 19.2. The molecule has 0 saturated heterocycles. The Morgan fingerprint density at radius 1 is 1.32 bits per heavy atom. The van der Waals surface area contributed by atoms with Crippen LogP contribution in [0.25, 0.3) is 0 Å². The SMILES string of the molecule is COc1ccc(F)c(F)c1CN(C)Cc1ncc[nH]1. The van der Waals surface area contributed by atoms with Gasteiger partial charge in [0.25, 0.3) is 0 Å². The predicted molar refractivity (Wildman–Crippen MR) is 66.7 cm³/mol. The van der Waals surface area contributed by atoms with Gasteiger partial charge in [0.2, 0.25) is 0 Å². The Hall–Kier alpha value is -1.95. The van der Waals surface area contributed by atoms with Crippen molar-refractivity contribution in [1.29, 1.82) is 0 Å². The molecule has 4 nitrogen and oxygen atoms in total. The van der Waals surface area contributed by atoms with E-state index in [0.29, 0.717) is 12.3 Å². The summed E-state index contributed by atoms with van der Waals surface area (Å²) in [5.41, 5.74) is 0.205. The molecule has 0 atom stereocenters. The van der Waals surface area contributed by atoms with Crippen LogP contribution in [0.5, 0.6) is 5.75 Å². The van der Waals surface area contributed by atoms with E-state index in [1.54, 1.807) is 19.4 Å². The number of nitrogens with one attached hydrogen (secondary N) is 1. The Labute approximate surface area is 110 Å². The van der Waals surface area contributed by atoms with Gasteiger partial charge in [-0.2, -0.15) is 0 Å². The summed E-state index contributed by atoms with van der Waals surface area (Å²) in [5, 5.41) is 0. The van der Waals surface area contributed by atoms with Crippen molar-refractivity contribution in [1.82, 2.24) is 14.9 Å². The Kier molecular flexibility index (Phi) is 4.11. The number of hydrogen-bond acceptors (Lipinski definition) is 3. The van der Waals surface area contributed by atoms with Crippen molar-refractivity contribution >= 4 is 0 Å². The van der Waals surface area contributed by atoms with E-state index in [4.69, 9.17) is 4.74 Å². The molecule has 0 radical (unpaired) electrons. The number of aromatic amines is 1. The molecule has 1 heterocycles. The lowest BCUT2D eigenvalue weighted by Gasteiger charge is -2.18. The van der Waals surface area contributed by atoms with Crippen LogP contribution in [0.2, 0.25) is 0 Å². The zero-order chi connectivity index (χ0) is 13.8. The van der Waals surface area contributed by atoms with Gasteiger partial charge in [-0.3, -0.25) is 4.90 Å². The average molecular weight is 267 g/mol. The number of H-pyrrole nitrogens is 1. The highest BCUT2D eigenvalue weighted by Crippen LogP contribution is 2.25. The zero-order valence-electron chi connectivity index (χ0n) is 10.8. The van der Waals surface area contributed by atoms with Crippen molar-refractivity contribution in [2.75, 3.05) is 14.2 Å². The number of rotatable bonds is 5. The number of benzene rings is 1. The molecule has 0 spiro atoms. The minimum Gasteiger partial charge on any atom is -0.496 e. The Balaban J connectivity index is 2.15. The summed E-state index contributed by atoms with van der Waals surface area (Å²) in [4.78, 5) is 8.86. The van der Waals surface area contributed by atoms with Gasteiger partial charge in [-0.1, -0.05) is 0 Å². The van der Waals surface area contributed by atoms with Gasteiger partial charge in [0.1, 0.15) is 11.6 Å². The van der Waals surface area contributed by atoms with Crippen LogP contribution in [0.3, 0.4) is 0 Å². The van der Waals surface area contributed by atoms with E-state index in [9.17, 15) is 8.78 Å². The number of nitrogens with zero attached hydrogens (tertiary/aromatic N) is 2. The fourth-order valence-corrected chi connectivity index (χ4v) is 1.88. The second kappa shape index (κ2) is 5.79. The second-order valence-electron chi connectivity index (χ2n) is 4.25. The van der Waals surface area contributed by atoms with Gasteiger partial charge in [0.05, 0.1) is 13.7 Å². The highest BCUT2D eigenvalue weighted by molar-refractivity contribution is 5.35. The number of aromatic nitrogens is 2. The summed E-state index contributed by atoms with van der Waals surface area (Å²) < 4.78 is 32.1. The summed E-state index contributed by atoms with van der Waals surface area (Å²) in [6.07, 6.45) is 3.36. The van der Waals surface area contributed by atoms with Crippen LogP contribution < -0.4 is 4.74 Å². The number of imidazole rings is 1. The van der Waals surface area contributed by atoms with Crippen molar-refractivity contribution in [2.24, 2.45) is 0 Å². The van der Waals surface area contributed by atoms with E-state index in [1.165, 1.54) is 13.2 Å². The standard InChI is InChI=1S/C13H15F2N3O/c1-18(8-12-16-5-6-17-12)7-9-11(19-2)4-3-10(14)13(9)15/h3-6H,7-8H2,1-2H3,(H,16,17). The van der Waals surface area contributed by atoms with Gasteiger partial charge in [-0.15, -0.1) is 0 Å². The normalized spacial score (nSPS) is 11.0. The molecule has 2 aromatic rings. The molecule has 0 aliphatic carbocycles. The van der Waals surface area contributed by atoms with Crippen LogP contribution in [0.4, 0.5) is 8.78 Å². The molecule has 0 unspecified atom stereocenters. The third-order valence-electron chi connectivity index (χ3n) is 2.78. The first kappa shape index (κ1) is 13.5. The van der Waals surface area contributed by atoms with E-state index in [-0.39, 0.29) is 12.1 Å². The lowest BCUT2D eigenvalue weighted by atomic mass is 10.1. The van der Waals surface area contributed by atoms with Crippen molar-refractivity contribution in [3.05, 3.63) is 47.5 Å². The second-order valence-corrected chi connectivity index (χ2v) is 4.25. The predicted octanol–water partition coefficient (Wildman–Crippen LogP) is 2.33. The van der Waals surface area contributed by atoms with Gasteiger partial charge in [0.15, 0.2) is 11.6 Å². The molecule has 2 rings (SSSR count). The largest absolute Gasteiger partial charge is 0.496 e. The van der Waals surface area contributed by atoms with E-state index in [2.05, 4.69) is 9.97 Å². The molecule has 0 fully saturated rings. The monoisotopic (exact) mass is 267 g/mol. The maximum Gasteiger partial charge on any atom is 0.167 e. The van der Waals surface area contributed by atoms with E-state index < -0.39 is 11.6 Å². The topological polar surface area (TPSA) is 41.1 Å². The van der Waals surface area contributed by atoms with Crippen LogP contribution in [0, 0.1) is 11.6 Å². The minimum absolute atomic E-state index is 0.205. The van der Waals surface area contributed by atoms with Crippen LogP contribution in [0.1, 0.15) is 11.4 Å². The van der Waals surface area contributed by atoms with Crippen LogP contribution in [-0.4, -0.2) is 29.0 Å². The van der Waals surface area contributed by atoms with Gasteiger partial charge in [0, 0.05) is 24.5 Å². The first-order valence-corrected chi connectivity index (χ1v) is 5.79. The first-order valence-electron chi connectivity index (χ1n) is 5.79. The third-order valence-corrected chi connectivity index (χ3v) is 2.78. The lowest BCUT2D eigenvalue weighted by molar-refractivity contribution is 0.294. The number of halogens is 2. The Morgan fingerprint density at radius 3 is 2.74 bits per heavy atom. The van der Waals surface area contributed by atoms with Gasteiger partial charge >= 0.3 is 0 Å². The quantitative estimate of drug-likeness (QED) is 0.904. The molecule has 1 aromatic carbocycles. The molecule has 0 amide bonds. The lowest BCUT2D eigenvalue weighted by Crippen LogP contribution is -2.19. The fourth-order valence-electron chi connectivity index (χ4n) is 1.88. The fraction of sp³-hybridized carbons (Fsp3) is 0.308. The number of ether oxygens (including phenoxy) is 1. The molecule has 19 heavy (non-hydrogen) atoms. The van der Waals surface area contributed by atoms with E-state index in [1.807, 2.05) is 4.90 Å². The number of methoxy groups -OCH3 is 1. The smallest absolute Gasteiger partial charge is 0.167 e. The summed E-state index contributed by atoms with van der Waals surface area (Å²) in [6.45, 7) is 0.736. The molecule has 102 valence electrons. The maximum atomic E-state index is 13.8. The summed E-state index contributed by atoms with van der Waals surface area (Å²) in [6, 6.07) is 2.48. The van der Waals surface area contributed by atoms with Crippen molar-refractivity contribution < 1.29 is 13.5 Å². The van der Waals surface area contributed by atoms with Gasteiger partial charge in [-0.05, 0) is 19.2 Å². The molecule has 0 aliphatic heterocycles. The molecule has 1 N–H and O–H groups in total. The Morgan fingerprint density at radius 2 is 2.11 bits per heavy atom. The summed E-state index contributed by atoms with van der Waals surface area (Å²) >= 11 is 0. The molecule has 6 heteroatoms. The van der Waals surface area contributed by atoms with Crippen LogP contribution in [0.15, 0.2) is 24.5 Å². The minimum atomic E-state index is -0.873. The molecule has 1 aromatic heterocycles. The highest BCUT2D eigenvalue weighted by Gasteiger charge is 2.16. The van der Waals surface area contributed by atoms with E-state index >= 15 is 0 Å². The molecule has 0 aliphatic rings. The first-order chi connectivity index (χ1) is 9.11. The van der Waals surface area contributed by atoms with Crippen molar-refractivity contribution in [3.63, 3.8) is 0 Å². The van der Waals surface area contributed by atoms with Gasteiger partial charge < -0.3 is 9.72 Å². The van der Waals surface area contributed by atoms with Crippen molar-refractivity contribution in [3.8, 4) is 5.75 Å². The van der Waals surface area contributed by atoms with Gasteiger partial charge in [-0.25, -0.2) is 13.8 Å². The zero-order valence-corrected chi connectivity index (χ0v) is 10.8. The summed E-state index contributed by atoms with van der Waals surface area (Å²) in [7, 11) is 3.23. The summed E-state index contributed by atoms with van der Waals surface area (Å²) in [5.74, 6) is -0.642. The molecule has 0 saturated carbocycles. The Bertz CT molecular complexity index is 543. The van der Waals surface area contributed by atoms with Crippen LogP contribution in [-0.2, 0) is 13.1 Å². The molecular formula is C13H15F2N3O. The maximum absolute atomic E-state index is 13.8. The average Bonchev–Trinajstić information content (AvgIpc) is 2.88. The van der Waals surface area contributed by atoms with Crippen molar-refractivity contribution in [2.45, 2.75) is 13.1 Å². The number of hydrogen-bond donors (Lipinski definition) is 1. The third kappa shape index (κ3) is 3.08. The molecular weight excluding hydrogens is 252 g/mol. The van der Waals surface area contributed by atoms with E-state index in [0.717, 1.165) is 11.9 Å². The van der Waals surface area contributed by atoms with Crippen LogP contribution >= 0.6 is 0 Å².